The van der Waals surface area contributed by atoms with Gasteiger partial charge in [0.25, 0.3) is 0 Å². The molecule has 0 heterocycles. The Kier molecular flexibility index (Phi) is 6.31. The van der Waals surface area contributed by atoms with Crippen molar-refractivity contribution >= 4 is 27.5 Å². The molecular formula is C14H22BrN3O. The number of likely N-dealkylation sites (N-methyl/N-ethyl adjacent to an activating group) is 2. The van der Waals surface area contributed by atoms with Gasteiger partial charge in [-0.15, -0.1) is 0 Å². The van der Waals surface area contributed by atoms with E-state index in [1.54, 1.807) is 0 Å². The van der Waals surface area contributed by atoms with Crippen LogP contribution >= 0.6 is 15.9 Å². The molecule has 0 aromatic heterocycles. The highest BCUT2D eigenvalue weighted by Gasteiger charge is 2.13. The molecule has 0 bridgehead atoms. The number of amides is 1. The van der Waals surface area contributed by atoms with Gasteiger partial charge in [0.05, 0.1) is 6.54 Å². The Morgan fingerprint density at radius 1 is 1.32 bits per heavy atom. The summed E-state index contributed by atoms with van der Waals surface area (Å²) in [5.74, 6) is 0.145. The minimum atomic E-state index is 0.145. The van der Waals surface area contributed by atoms with Crippen LogP contribution in [0.15, 0.2) is 22.7 Å². The molecular weight excluding hydrogens is 306 g/mol. The molecule has 1 aromatic rings. The molecule has 19 heavy (non-hydrogen) atoms. The second kappa shape index (κ2) is 7.50. The zero-order valence-corrected chi connectivity index (χ0v) is 13.4. The van der Waals surface area contributed by atoms with Gasteiger partial charge in [-0.25, -0.2) is 0 Å². The molecule has 0 radical (unpaired) electrons. The van der Waals surface area contributed by atoms with E-state index in [2.05, 4.69) is 15.9 Å². The Hall–Kier alpha value is -1.07. The SMILES string of the molecule is CCN(CC)C(=O)CN(C)c1ccc(CN)c(Br)c1. The van der Waals surface area contributed by atoms with E-state index in [0.717, 1.165) is 28.8 Å². The number of benzene rings is 1. The number of nitrogens with zero attached hydrogens (tertiary/aromatic N) is 2. The van der Waals surface area contributed by atoms with E-state index in [4.69, 9.17) is 5.73 Å². The normalized spacial score (nSPS) is 10.4. The maximum atomic E-state index is 12.0. The molecule has 0 aliphatic rings. The highest BCUT2D eigenvalue weighted by atomic mass is 79.9. The molecule has 1 aromatic carbocycles. The number of carbonyl (C=O) groups excluding carboxylic acids is 1. The largest absolute Gasteiger partial charge is 0.365 e. The van der Waals surface area contributed by atoms with Crippen LogP contribution in [0.5, 0.6) is 0 Å². The Morgan fingerprint density at radius 3 is 2.42 bits per heavy atom. The highest BCUT2D eigenvalue weighted by Crippen LogP contribution is 2.23. The predicted octanol–water partition coefficient (Wildman–Crippen LogP) is 2.21. The van der Waals surface area contributed by atoms with E-state index >= 15 is 0 Å². The van der Waals surface area contributed by atoms with Crippen LogP contribution in [0.25, 0.3) is 0 Å². The minimum absolute atomic E-state index is 0.145. The fourth-order valence-corrected chi connectivity index (χ4v) is 2.44. The molecule has 1 rings (SSSR count). The third-order valence-electron chi connectivity index (χ3n) is 3.19. The number of nitrogens with two attached hydrogens (primary N) is 1. The molecule has 1 amide bonds. The number of anilines is 1. The van der Waals surface area contributed by atoms with Gasteiger partial charge >= 0.3 is 0 Å². The first-order chi connectivity index (χ1) is 9.03. The van der Waals surface area contributed by atoms with Crippen molar-refractivity contribution < 1.29 is 4.79 Å². The van der Waals surface area contributed by atoms with E-state index in [-0.39, 0.29) is 5.91 Å². The summed E-state index contributed by atoms with van der Waals surface area (Å²) in [6, 6.07) is 5.97. The Morgan fingerprint density at radius 2 is 1.95 bits per heavy atom. The van der Waals surface area contributed by atoms with Crippen molar-refractivity contribution in [1.82, 2.24) is 4.90 Å². The summed E-state index contributed by atoms with van der Waals surface area (Å²) in [7, 11) is 1.92. The van der Waals surface area contributed by atoms with Crippen molar-refractivity contribution in [3.63, 3.8) is 0 Å². The maximum Gasteiger partial charge on any atom is 0.242 e. The summed E-state index contributed by atoms with van der Waals surface area (Å²) >= 11 is 3.50. The van der Waals surface area contributed by atoms with Crippen LogP contribution in [0.2, 0.25) is 0 Å². The summed E-state index contributed by atoms with van der Waals surface area (Å²) in [5.41, 5.74) is 7.70. The first kappa shape index (κ1) is 16.0. The molecule has 106 valence electrons. The van der Waals surface area contributed by atoms with Gasteiger partial charge in [-0.1, -0.05) is 22.0 Å². The molecule has 2 N–H and O–H groups in total. The lowest BCUT2D eigenvalue weighted by Crippen LogP contribution is -2.38. The summed E-state index contributed by atoms with van der Waals surface area (Å²) in [4.78, 5) is 15.8. The van der Waals surface area contributed by atoms with Crippen molar-refractivity contribution in [3.05, 3.63) is 28.2 Å². The minimum Gasteiger partial charge on any atom is -0.365 e. The molecule has 0 saturated carbocycles. The van der Waals surface area contributed by atoms with E-state index < -0.39 is 0 Å². The fourth-order valence-electron chi connectivity index (χ4n) is 1.91. The Labute approximate surface area is 123 Å². The molecule has 5 heteroatoms. The number of hydrogen-bond donors (Lipinski definition) is 1. The van der Waals surface area contributed by atoms with Gasteiger partial charge in [-0.2, -0.15) is 0 Å². The summed E-state index contributed by atoms with van der Waals surface area (Å²) in [5, 5.41) is 0. The van der Waals surface area contributed by atoms with Crippen LogP contribution < -0.4 is 10.6 Å². The first-order valence-electron chi connectivity index (χ1n) is 6.50. The molecule has 0 saturated heterocycles. The van der Waals surface area contributed by atoms with E-state index in [1.807, 2.05) is 48.9 Å². The number of rotatable bonds is 6. The number of carbonyl (C=O) groups is 1. The fraction of sp³-hybridized carbons (Fsp3) is 0.500. The van der Waals surface area contributed by atoms with E-state index in [9.17, 15) is 4.79 Å². The second-order valence-electron chi connectivity index (χ2n) is 4.40. The molecule has 0 aliphatic carbocycles. The standard InChI is InChI=1S/C14H22BrN3O/c1-4-18(5-2)14(19)10-17(3)12-7-6-11(9-16)13(15)8-12/h6-8H,4-5,9-10,16H2,1-3H3. The van der Waals surface area contributed by atoms with Gasteiger partial charge in [0.2, 0.25) is 5.91 Å². The van der Waals surface area contributed by atoms with Crippen molar-refractivity contribution in [1.29, 1.82) is 0 Å². The van der Waals surface area contributed by atoms with Gasteiger partial charge in [-0.05, 0) is 31.5 Å². The molecule has 0 atom stereocenters. The van der Waals surface area contributed by atoms with Crippen LogP contribution in [0.4, 0.5) is 5.69 Å². The van der Waals surface area contributed by atoms with Crippen LogP contribution in [0.3, 0.4) is 0 Å². The summed E-state index contributed by atoms with van der Waals surface area (Å²) in [6.07, 6.45) is 0. The Balaban J connectivity index is 2.75. The molecule has 4 nitrogen and oxygen atoms in total. The number of halogens is 1. The second-order valence-corrected chi connectivity index (χ2v) is 5.26. The summed E-state index contributed by atoms with van der Waals surface area (Å²) < 4.78 is 0.981. The van der Waals surface area contributed by atoms with E-state index in [1.165, 1.54) is 0 Å². The maximum absolute atomic E-state index is 12.0. The zero-order valence-electron chi connectivity index (χ0n) is 11.8. The average Bonchev–Trinajstić information content (AvgIpc) is 2.39. The van der Waals surface area contributed by atoms with Gasteiger partial charge < -0.3 is 15.5 Å². The van der Waals surface area contributed by atoms with Gasteiger partial charge in [0, 0.05) is 36.8 Å². The molecule has 0 aliphatic heterocycles. The zero-order chi connectivity index (χ0) is 14.4. The molecule has 0 fully saturated rings. The van der Waals surface area contributed by atoms with Crippen LogP contribution in [-0.2, 0) is 11.3 Å². The van der Waals surface area contributed by atoms with Crippen molar-refractivity contribution in [3.8, 4) is 0 Å². The third kappa shape index (κ3) is 4.21. The van der Waals surface area contributed by atoms with Crippen molar-refractivity contribution in [2.45, 2.75) is 20.4 Å². The third-order valence-corrected chi connectivity index (χ3v) is 3.92. The van der Waals surface area contributed by atoms with Gasteiger partial charge in [0.1, 0.15) is 0 Å². The first-order valence-corrected chi connectivity index (χ1v) is 7.30. The lowest BCUT2D eigenvalue weighted by atomic mass is 10.2. The lowest BCUT2D eigenvalue weighted by Gasteiger charge is -2.24. The van der Waals surface area contributed by atoms with E-state index in [0.29, 0.717) is 13.1 Å². The van der Waals surface area contributed by atoms with Crippen LogP contribution in [0, 0.1) is 0 Å². The van der Waals surface area contributed by atoms with Gasteiger partial charge in [-0.3, -0.25) is 4.79 Å². The highest BCUT2D eigenvalue weighted by molar-refractivity contribution is 9.10. The van der Waals surface area contributed by atoms with Crippen molar-refractivity contribution in [2.24, 2.45) is 5.73 Å². The van der Waals surface area contributed by atoms with Crippen LogP contribution in [-0.4, -0.2) is 37.5 Å². The van der Waals surface area contributed by atoms with Gasteiger partial charge in [0.15, 0.2) is 0 Å². The topological polar surface area (TPSA) is 49.6 Å². The summed E-state index contributed by atoms with van der Waals surface area (Å²) in [6.45, 7) is 6.37. The lowest BCUT2D eigenvalue weighted by molar-refractivity contribution is -0.129. The van der Waals surface area contributed by atoms with Crippen LogP contribution in [0.1, 0.15) is 19.4 Å². The quantitative estimate of drug-likeness (QED) is 0.871. The molecule has 0 spiro atoms. The predicted molar refractivity (Wildman–Crippen MR) is 83.2 cm³/mol. The van der Waals surface area contributed by atoms with Crippen molar-refractivity contribution in [2.75, 3.05) is 31.6 Å². The smallest absolute Gasteiger partial charge is 0.242 e. The molecule has 0 unspecified atom stereocenters. The monoisotopic (exact) mass is 327 g/mol. The average molecular weight is 328 g/mol. The number of hydrogen-bond acceptors (Lipinski definition) is 3. The Bertz CT molecular complexity index is 433.